The van der Waals surface area contributed by atoms with E-state index >= 15 is 0 Å². The minimum absolute atomic E-state index is 0.0750. The van der Waals surface area contributed by atoms with Gasteiger partial charge in [0.1, 0.15) is 6.04 Å². The zero-order chi connectivity index (χ0) is 19.4. The second-order valence-electron chi connectivity index (χ2n) is 8.74. The molecule has 0 aromatic carbocycles. The van der Waals surface area contributed by atoms with E-state index in [0.717, 1.165) is 25.8 Å². The fourth-order valence-electron chi connectivity index (χ4n) is 3.44. The first-order chi connectivity index (χ1) is 11.5. The average Bonchev–Trinajstić information content (AvgIpc) is 2.51. The maximum atomic E-state index is 13.1. The highest BCUT2D eigenvalue weighted by Crippen LogP contribution is 2.24. The van der Waals surface area contributed by atoms with E-state index in [4.69, 9.17) is 0 Å². The van der Waals surface area contributed by atoms with Gasteiger partial charge in [0, 0.05) is 7.05 Å². The highest BCUT2D eigenvalue weighted by molar-refractivity contribution is 5.90. The first-order valence-electron chi connectivity index (χ1n) is 9.38. The zero-order valence-corrected chi connectivity index (χ0v) is 17.0. The second-order valence-corrected chi connectivity index (χ2v) is 8.74. The molecule has 1 aliphatic rings. The molecule has 1 fully saturated rings. The number of nitrogens with zero attached hydrogens (tertiary/aromatic N) is 2. The van der Waals surface area contributed by atoms with E-state index in [2.05, 4.69) is 10.2 Å². The number of aliphatic hydroxyl groups excluding tert-OH is 1. The van der Waals surface area contributed by atoms with E-state index in [1.807, 2.05) is 41.7 Å². The Kier molecular flexibility index (Phi) is 7.88. The van der Waals surface area contributed by atoms with Crippen LogP contribution in [0.4, 0.5) is 0 Å². The van der Waals surface area contributed by atoms with Gasteiger partial charge >= 0.3 is 0 Å². The predicted molar refractivity (Wildman–Crippen MR) is 100 cm³/mol. The lowest BCUT2D eigenvalue weighted by atomic mass is 9.84. The van der Waals surface area contributed by atoms with Crippen LogP contribution >= 0.6 is 0 Å². The first-order valence-corrected chi connectivity index (χ1v) is 9.38. The number of likely N-dealkylation sites (N-methyl/N-ethyl adjacent to an activating group) is 2. The number of hydrogen-bond acceptors (Lipinski definition) is 4. The third-order valence-corrected chi connectivity index (χ3v) is 5.27. The first kappa shape index (κ1) is 21.9. The molecule has 6 heteroatoms. The zero-order valence-electron chi connectivity index (χ0n) is 17.0. The third kappa shape index (κ3) is 5.68. The van der Waals surface area contributed by atoms with Crippen LogP contribution in [0, 0.1) is 11.3 Å². The van der Waals surface area contributed by atoms with Crippen LogP contribution in [0.15, 0.2) is 0 Å². The molecule has 0 aromatic heterocycles. The quantitative estimate of drug-likeness (QED) is 0.757. The number of rotatable bonds is 6. The van der Waals surface area contributed by atoms with Crippen molar-refractivity contribution in [1.29, 1.82) is 0 Å². The summed E-state index contributed by atoms with van der Waals surface area (Å²) in [5.74, 6) is -0.0826. The largest absolute Gasteiger partial charge is 0.394 e. The lowest BCUT2D eigenvalue weighted by Gasteiger charge is -2.39. The third-order valence-electron chi connectivity index (χ3n) is 5.27. The lowest BCUT2D eigenvalue weighted by molar-refractivity contribution is -0.143. The molecule has 2 amide bonds. The molecule has 2 N–H and O–H groups in total. The van der Waals surface area contributed by atoms with Crippen molar-refractivity contribution in [2.75, 3.05) is 27.2 Å². The van der Waals surface area contributed by atoms with Crippen LogP contribution in [0.5, 0.6) is 0 Å². The molecule has 0 aromatic rings. The van der Waals surface area contributed by atoms with Crippen LogP contribution in [-0.2, 0) is 9.59 Å². The number of likely N-dealkylation sites (tertiary alicyclic amines) is 1. The molecule has 6 nitrogen and oxygen atoms in total. The van der Waals surface area contributed by atoms with Crippen LogP contribution in [-0.4, -0.2) is 72.1 Å². The second kappa shape index (κ2) is 8.99. The number of hydrogen-bond donors (Lipinski definition) is 2. The summed E-state index contributed by atoms with van der Waals surface area (Å²) in [5.41, 5.74) is -0.411. The smallest absolute Gasteiger partial charge is 0.245 e. The number of aliphatic hydroxyl groups is 1. The van der Waals surface area contributed by atoms with Gasteiger partial charge in [0.2, 0.25) is 11.8 Å². The Labute approximate surface area is 152 Å². The van der Waals surface area contributed by atoms with E-state index in [1.165, 1.54) is 0 Å². The molecule has 0 spiro atoms. The summed E-state index contributed by atoms with van der Waals surface area (Å²) in [5, 5.41) is 12.6. The molecule has 0 aliphatic carbocycles. The van der Waals surface area contributed by atoms with E-state index in [9.17, 15) is 14.7 Å². The summed E-state index contributed by atoms with van der Waals surface area (Å²) in [4.78, 5) is 29.5. The SMILES string of the molecule is CC(C)C(CO)N(C)C(=O)C(NC(=O)C1CCCCN1C)C(C)(C)C. The summed E-state index contributed by atoms with van der Waals surface area (Å²) in [6.45, 7) is 10.6. The molecule has 146 valence electrons. The van der Waals surface area contributed by atoms with Crippen LogP contribution in [0.3, 0.4) is 0 Å². The van der Waals surface area contributed by atoms with Crippen molar-refractivity contribution in [3.63, 3.8) is 0 Å². The number of carbonyl (C=O) groups is 2. The highest BCUT2D eigenvalue weighted by Gasteiger charge is 2.39. The molecule has 25 heavy (non-hydrogen) atoms. The van der Waals surface area contributed by atoms with E-state index in [0.29, 0.717) is 0 Å². The summed E-state index contributed by atoms with van der Waals surface area (Å²) < 4.78 is 0. The molecular formula is C19H37N3O3. The Morgan fingerprint density at radius 2 is 1.88 bits per heavy atom. The number of carbonyl (C=O) groups excluding carboxylic acids is 2. The van der Waals surface area contributed by atoms with Gasteiger partial charge in [0.15, 0.2) is 0 Å². The van der Waals surface area contributed by atoms with Crippen molar-refractivity contribution in [3.05, 3.63) is 0 Å². The van der Waals surface area contributed by atoms with Crippen LogP contribution < -0.4 is 5.32 Å². The van der Waals surface area contributed by atoms with Gasteiger partial charge in [-0.3, -0.25) is 14.5 Å². The molecule has 3 atom stereocenters. The van der Waals surface area contributed by atoms with E-state index < -0.39 is 11.5 Å². The Bertz CT molecular complexity index is 459. The topological polar surface area (TPSA) is 72.9 Å². The van der Waals surface area contributed by atoms with Crippen LogP contribution in [0.25, 0.3) is 0 Å². The van der Waals surface area contributed by atoms with Gasteiger partial charge in [-0.25, -0.2) is 0 Å². The average molecular weight is 356 g/mol. The summed E-state index contributed by atoms with van der Waals surface area (Å²) in [6, 6.07) is -1.05. The normalized spacial score (nSPS) is 21.7. The monoisotopic (exact) mass is 355 g/mol. The van der Waals surface area contributed by atoms with Crippen molar-refractivity contribution >= 4 is 11.8 Å². The fourth-order valence-corrected chi connectivity index (χ4v) is 3.44. The molecular weight excluding hydrogens is 318 g/mol. The minimum atomic E-state index is -0.617. The van der Waals surface area contributed by atoms with Gasteiger partial charge in [-0.15, -0.1) is 0 Å². The number of amides is 2. The van der Waals surface area contributed by atoms with Gasteiger partial charge in [0.05, 0.1) is 18.7 Å². The molecule has 0 radical (unpaired) electrons. The van der Waals surface area contributed by atoms with Gasteiger partial charge in [0.25, 0.3) is 0 Å². The number of nitrogens with one attached hydrogen (secondary N) is 1. The fraction of sp³-hybridized carbons (Fsp3) is 0.895. The Hall–Kier alpha value is -1.14. The summed E-state index contributed by atoms with van der Waals surface area (Å²) in [7, 11) is 3.67. The van der Waals surface area contributed by atoms with Crippen LogP contribution in [0.1, 0.15) is 53.9 Å². The molecule has 1 rings (SSSR count). The van der Waals surface area contributed by atoms with E-state index in [1.54, 1.807) is 11.9 Å². The van der Waals surface area contributed by atoms with Crippen molar-refractivity contribution in [2.24, 2.45) is 11.3 Å². The maximum Gasteiger partial charge on any atom is 0.245 e. The molecule has 1 saturated heterocycles. The van der Waals surface area contributed by atoms with Gasteiger partial charge in [-0.2, -0.15) is 0 Å². The predicted octanol–water partition coefficient (Wildman–Crippen LogP) is 1.48. The van der Waals surface area contributed by atoms with Gasteiger partial charge < -0.3 is 15.3 Å². The van der Waals surface area contributed by atoms with Crippen molar-refractivity contribution in [3.8, 4) is 0 Å². The molecule has 3 unspecified atom stereocenters. The van der Waals surface area contributed by atoms with Gasteiger partial charge in [-0.1, -0.05) is 41.0 Å². The van der Waals surface area contributed by atoms with Crippen molar-refractivity contribution < 1.29 is 14.7 Å². The highest BCUT2D eigenvalue weighted by atomic mass is 16.3. The molecule has 1 heterocycles. The van der Waals surface area contributed by atoms with Crippen molar-refractivity contribution in [1.82, 2.24) is 15.1 Å². The standard InChI is InChI=1S/C19H37N3O3/c1-13(2)15(12-23)22(7)18(25)16(19(3,4)5)20-17(24)14-10-8-9-11-21(14)6/h13-16,23H,8-12H2,1-7H3,(H,20,24). The summed E-state index contributed by atoms with van der Waals surface area (Å²) >= 11 is 0. The molecule has 0 bridgehead atoms. The van der Waals surface area contributed by atoms with Crippen LogP contribution in [0.2, 0.25) is 0 Å². The summed E-state index contributed by atoms with van der Waals surface area (Å²) in [6.07, 6.45) is 2.97. The Balaban J connectivity index is 2.93. The lowest BCUT2D eigenvalue weighted by Crippen LogP contribution is -2.60. The van der Waals surface area contributed by atoms with E-state index in [-0.39, 0.29) is 36.4 Å². The molecule has 0 saturated carbocycles. The van der Waals surface area contributed by atoms with Gasteiger partial charge in [-0.05, 0) is 37.8 Å². The Morgan fingerprint density at radius 1 is 1.28 bits per heavy atom. The number of piperidine rings is 1. The molecule has 1 aliphatic heterocycles. The van der Waals surface area contributed by atoms with Crippen molar-refractivity contribution in [2.45, 2.75) is 72.0 Å². The Morgan fingerprint density at radius 3 is 2.32 bits per heavy atom. The minimum Gasteiger partial charge on any atom is -0.394 e. The maximum absolute atomic E-state index is 13.1.